The lowest BCUT2D eigenvalue weighted by Gasteiger charge is -2.10. The molecule has 0 bridgehead atoms. The van der Waals surface area contributed by atoms with E-state index in [1.165, 1.54) is 12.1 Å². The molecule has 0 saturated carbocycles. The summed E-state index contributed by atoms with van der Waals surface area (Å²) in [5.41, 5.74) is 0.530. The summed E-state index contributed by atoms with van der Waals surface area (Å²) >= 11 is 1.63. The molecule has 0 heterocycles. The summed E-state index contributed by atoms with van der Waals surface area (Å²) < 4.78 is 19.3. The summed E-state index contributed by atoms with van der Waals surface area (Å²) in [6, 6.07) is 11.9. The lowest BCUT2D eigenvalue weighted by Crippen LogP contribution is -1.94. The van der Waals surface area contributed by atoms with E-state index in [9.17, 15) is 9.50 Å². The topological polar surface area (TPSA) is 29.5 Å². The SMILES string of the molecule is CSc1ccc(Oc2ccc([C@@H](C)O)cc2F)cc1. The summed E-state index contributed by atoms with van der Waals surface area (Å²) in [6.07, 6.45) is 1.30. The third-order valence-electron chi connectivity index (χ3n) is 2.73. The van der Waals surface area contributed by atoms with Crippen LogP contribution in [0.1, 0.15) is 18.6 Å². The van der Waals surface area contributed by atoms with Crippen LogP contribution in [0, 0.1) is 5.82 Å². The third-order valence-corrected chi connectivity index (χ3v) is 3.47. The highest BCUT2D eigenvalue weighted by atomic mass is 32.2. The van der Waals surface area contributed by atoms with E-state index in [1.807, 2.05) is 18.4 Å². The zero-order valence-electron chi connectivity index (χ0n) is 10.8. The fraction of sp³-hybridized carbons (Fsp3) is 0.200. The number of ether oxygens (including phenoxy) is 1. The number of thioether (sulfide) groups is 1. The Kier molecular flexibility index (Phi) is 4.45. The normalized spacial score (nSPS) is 12.2. The van der Waals surface area contributed by atoms with Crippen molar-refractivity contribution in [2.75, 3.05) is 6.26 Å². The molecule has 2 aromatic carbocycles. The molecule has 1 atom stereocenters. The van der Waals surface area contributed by atoms with Crippen LogP contribution >= 0.6 is 11.8 Å². The fourth-order valence-corrected chi connectivity index (χ4v) is 2.04. The van der Waals surface area contributed by atoms with Gasteiger partial charge in [0.1, 0.15) is 5.75 Å². The number of halogens is 1. The lowest BCUT2D eigenvalue weighted by molar-refractivity contribution is 0.198. The smallest absolute Gasteiger partial charge is 0.166 e. The van der Waals surface area contributed by atoms with E-state index in [0.717, 1.165) is 4.90 Å². The van der Waals surface area contributed by atoms with Crippen molar-refractivity contribution in [3.63, 3.8) is 0 Å². The molecule has 2 nitrogen and oxygen atoms in total. The van der Waals surface area contributed by atoms with Crippen LogP contribution in [-0.2, 0) is 0 Å². The van der Waals surface area contributed by atoms with Crippen molar-refractivity contribution in [1.82, 2.24) is 0 Å². The van der Waals surface area contributed by atoms with Crippen LogP contribution in [0.15, 0.2) is 47.4 Å². The number of benzene rings is 2. The Morgan fingerprint density at radius 1 is 1.16 bits per heavy atom. The fourth-order valence-electron chi connectivity index (χ4n) is 1.63. The third kappa shape index (κ3) is 3.49. The minimum atomic E-state index is -0.690. The van der Waals surface area contributed by atoms with Crippen molar-refractivity contribution < 1.29 is 14.2 Å². The zero-order chi connectivity index (χ0) is 13.8. The van der Waals surface area contributed by atoms with E-state index in [-0.39, 0.29) is 5.75 Å². The second-order valence-electron chi connectivity index (χ2n) is 4.14. The highest BCUT2D eigenvalue weighted by Crippen LogP contribution is 2.28. The molecule has 1 N–H and O–H groups in total. The number of aliphatic hydroxyl groups excluding tert-OH is 1. The van der Waals surface area contributed by atoms with Gasteiger partial charge in [-0.15, -0.1) is 11.8 Å². The van der Waals surface area contributed by atoms with Gasteiger partial charge in [-0.25, -0.2) is 4.39 Å². The quantitative estimate of drug-likeness (QED) is 0.841. The standard InChI is InChI=1S/C15H15FO2S/c1-10(17)11-3-8-15(14(16)9-11)18-12-4-6-13(19-2)7-5-12/h3-10,17H,1-2H3/t10-/m1/s1. The maximum atomic E-state index is 13.8. The Bertz CT molecular complexity index is 553. The number of aliphatic hydroxyl groups is 1. The van der Waals surface area contributed by atoms with Crippen LogP contribution in [0.4, 0.5) is 4.39 Å². The van der Waals surface area contributed by atoms with Crippen molar-refractivity contribution >= 4 is 11.8 Å². The minimum Gasteiger partial charge on any atom is -0.454 e. The second kappa shape index (κ2) is 6.08. The van der Waals surface area contributed by atoms with Gasteiger partial charge in [0, 0.05) is 4.90 Å². The highest BCUT2D eigenvalue weighted by Gasteiger charge is 2.08. The molecule has 0 aliphatic heterocycles. The van der Waals surface area contributed by atoms with Gasteiger partial charge in [0.15, 0.2) is 11.6 Å². The summed E-state index contributed by atoms with van der Waals surface area (Å²) in [5, 5.41) is 9.38. The zero-order valence-corrected chi connectivity index (χ0v) is 11.6. The number of rotatable bonds is 4. The average Bonchev–Trinajstić information content (AvgIpc) is 2.41. The minimum absolute atomic E-state index is 0.154. The van der Waals surface area contributed by atoms with Gasteiger partial charge in [0.25, 0.3) is 0 Å². The maximum absolute atomic E-state index is 13.8. The monoisotopic (exact) mass is 278 g/mol. The molecular formula is C15H15FO2S. The van der Waals surface area contributed by atoms with Gasteiger partial charge < -0.3 is 9.84 Å². The molecule has 0 aromatic heterocycles. The van der Waals surface area contributed by atoms with Crippen molar-refractivity contribution in [2.45, 2.75) is 17.9 Å². The molecule has 0 spiro atoms. The Hall–Kier alpha value is -1.52. The van der Waals surface area contributed by atoms with E-state index in [2.05, 4.69) is 0 Å². The van der Waals surface area contributed by atoms with E-state index < -0.39 is 11.9 Å². The van der Waals surface area contributed by atoms with Gasteiger partial charge in [0.2, 0.25) is 0 Å². The van der Waals surface area contributed by atoms with Crippen molar-refractivity contribution in [3.8, 4) is 11.5 Å². The second-order valence-corrected chi connectivity index (χ2v) is 5.02. The first-order valence-corrected chi connectivity index (χ1v) is 7.12. The van der Waals surface area contributed by atoms with Gasteiger partial charge in [-0.3, -0.25) is 0 Å². The molecule has 4 heteroatoms. The Labute approximate surface area is 116 Å². The summed E-state index contributed by atoms with van der Waals surface area (Å²) in [6.45, 7) is 1.59. The number of hydrogen-bond acceptors (Lipinski definition) is 3. The molecule has 2 rings (SSSR count). The van der Waals surface area contributed by atoms with Gasteiger partial charge >= 0.3 is 0 Å². The molecule has 0 radical (unpaired) electrons. The first-order valence-electron chi connectivity index (χ1n) is 5.89. The van der Waals surface area contributed by atoms with Crippen LogP contribution in [0.3, 0.4) is 0 Å². The molecule has 2 aromatic rings. The highest BCUT2D eigenvalue weighted by molar-refractivity contribution is 7.98. The van der Waals surface area contributed by atoms with Crippen LogP contribution in [0.5, 0.6) is 11.5 Å². The molecule has 0 unspecified atom stereocenters. The molecule has 0 amide bonds. The van der Waals surface area contributed by atoms with Crippen LogP contribution < -0.4 is 4.74 Å². The summed E-state index contributed by atoms with van der Waals surface area (Å²) in [5.74, 6) is 0.259. The van der Waals surface area contributed by atoms with E-state index >= 15 is 0 Å². The van der Waals surface area contributed by atoms with Gasteiger partial charge in [-0.05, 0) is 55.1 Å². The number of hydrogen-bond donors (Lipinski definition) is 1. The first kappa shape index (κ1) is 13.9. The van der Waals surface area contributed by atoms with E-state index in [0.29, 0.717) is 11.3 Å². The van der Waals surface area contributed by atoms with Crippen LogP contribution in [-0.4, -0.2) is 11.4 Å². The first-order chi connectivity index (χ1) is 9.10. The predicted molar refractivity (Wildman–Crippen MR) is 75.3 cm³/mol. The van der Waals surface area contributed by atoms with Gasteiger partial charge in [0.05, 0.1) is 6.10 Å². The van der Waals surface area contributed by atoms with E-state index in [1.54, 1.807) is 36.9 Å². The summed E-state index contributed by atoms with van der Waals surface area (Å²) in [7, 11) is 0. The molecule has 0 aliphatic rings. The van der Waals surface area contributed by atoms with Crippen LogP contribution in [0.25, 0.3) is 0 Å². The van der Waals surface area contributed by atoms with Crippen molar-refractivity contribution in [3.05, 3.63) is 53.8 Å². The Morgan fingerprint density at radius 2 is 1.84 bits per heavy atom. The van der Waals surface area contributed by atoms with Crippen molar-refractivity contribution in [1.29, 1.82) is 0 Å². The molecule has 0 aliphatic carbocycles. The average molecular weight is 278 g/mol. The maximum Gasteiger partial charge on any atom is 0.166 e. The molecule has 100 valence electrons. The molecule has 0 saturated heterocycles. The lowest BCUT2D eigenvalue weighted by atomic mass is 10.1. The molecule has 19 heavy (non-hydrogen) atoms. The predicted octanol–water partition coefficient (Wildman–Crippen LogP) is 4.39. The van der Waals surface area contributed by atoms with Gasteiger partial charge in [-0.2, -0.15) is 0 Å². The largest absolute Gasteiger partial charge is 0.454 e. The van der Waals surface area contributed by atoms with Crippen LogP contribution in [0.2, 0.25) is 0 Å². The van der Waals surface area contributed by atoms with Gasteiger partial charge in [-0.1, -0.05) is 6.07 Å². The van der Waals surface area contributed by atoms with E-state index in [4.69, 9.17) is 4.74 Å². The molecular weight excluding hydrogens is 263 g/mol. The molecule has 0 fully saturated rings. The summed E-state index contributed by atoms with van der Waals surface area (Å²) in [4.78, 5) is 1.12. The Morgan fingerprint density at radius 3 is 2.37 bits per heavy atom. The van der Waals surface area contributed by atoms with Crippen molar-refractivity contribution in [2.24, 2.45) is 0 Å². The Balaban J connectivity index is 2.18.